The van der Waals surface area contributed by atoms with Crippen molar-refractivity contribution < 1.29 is 9.53 Å². The quantitative estimate of drug-likeness (QED) is 0.444. The summed E-state index contributed by atoms with van der Waals surface area (Å²) in [6, 6.07) is 0.635. The van der Waals surface area contributed by atoms with Gasteiger partial charge in [0.05, 0.1) is 7.11 Å². The maximum atomic E-state index is 11.4. The SMILES string of the molecule is CCC(=CCNCC1CCCCN1C)C(=O)OC. The molecule has 0 aromatic carbocycles. The average Bonchev–Trinajstić information content (AvgIpc) is 2.40. The second-order valence-electron chi connectivity index (χ2n) is 4.86. The maximum Gasteiger partial charge on any atom is 0.333 e. The molecule has 0 bridgehead atoms. The van der Waals surface area contributed by atoms with Gasteiger partial charge in [0, 0.05) is 24.7 Å². The van der Waals surface area contributed by atoms with E-state index in [2.05, 4.69) is 17.3 Å². The molecule has 104 valence electrons. The first kappa shape index (κ1) is 15.2. The Morgan fingerprint density at radius 2 is 2.28 bits per heavy atom. The van der Waals surface area contributed by atoms with Gasteiger partial charge in [-0.15, -0.1) is 0 Å². The van der Waals surface area contributed by atoms with Gasteiger partial charge in [0.2, 0.25) is 0 Å². The number of ether oxygens (including phenoxy) is 1. The van der Waals surface area contributed by atoms with Gasteiger partial charge in [0.15, 0.2) is 0 Å². The van der Waals surface area contributed by atoms with Crippen LogP contribution in [0.5, 0.6) is 0 Å². The number of hydrogen-bond acceptors (Lipinski definition) is 4. The van der Waals surface area contributed by atoms with Gasteiger partial charge in [0.25, 0.3) is 0 Å². The van der Waals surface area contributed by atoms with Crippen molar-refractivity contribution in [3.05, 3.63) is 11.6 Å². The lowest BCUT2D eigenvalue weighted by atomic mass is 10.0. The fourth-order valence-electron chi connectivity index (χ4n) is 2.35. The molecule has 1 rings (SSSR count). The smallest absolute Gasteiger partial charge is 0.333 e. The zero-order valence-corrected chi connectivity index (χ0v) is 11.9. The van der Waals surface area contributed by atoms with Gasteiger partial charge < -0.3 is 15.0 Å². The average molecular weight is 254 g/mol. The van der Waals surface area contributed by atoms with Crippen LogP contribution >= 0.6 is 0 Å². The predicted octanol–water partition coefficient (Wildman–Crippen LogP) is 1.57. The van der Waals surface area contributed by atoms with Crippen molar-refractivity contribution >= 4 is 5.97 Å². The molecule has 0 aromatic heterocycles. The largest absolute Gasteiger partial charge is 0.466 e. The van der Waals surface area contributed by atoms with Crippen molar-refractivity contribution in [3.8, 4) is 0 Å². The summed E-state index contributed by atoms with van der Waals surface area (Å²) < 4.78 is 4.72. The third-order valence-electron chi connectivity index (χ3n) is 3.62. The second kappa shape index (κ2) is 8.27. The van der Waals surface area contributed by atoms with Crippen LogP contribution in [0.4, 0.5) is 0 Å². The number of piperidine rings is 1. The minimum atomic E-state index is -0.214. The zero-order chi connectivity index (χ0) is 13.4. The lowest BCUT2D eigenvalue weighted by Gasteiger charge is -2.32. The maximum absolute atomic E-state index is 11.4. The summed E-state index contributed by atoms with van der Waals surface area (Å²) in [6.45, 7) is 4.90. The molecule has 4 nitrogen and oxygen atoms in total. The molecule has 1 saturated heterocycles. The molecule has 1 heterocycles. The van der Waals surface area contributed by atoms with Crippen molar-refractivity contribution in [2.24, 2.45) is 0 Å². The normalized spacial score (nSPS) is 21.9. The van der Waals surface area contributed by atoms with E-state index in [9.17, 15) is 4.79 Å². The molecule has 1 unspecified atom stereocenters. The van der Waals surface area contributed by atoms with Crippen molar-refractivity contribution in [3.63, 3.8) is 0 Å². The molecule has 1 N–H and O–H groups in total. The zero-order valence-electron chi connectivity index (χ0n) is 11.9. The topological polar surface area (TPSA) is 41.6 Å². The molecule has 0 aliphatic carbocycles. The summed E-state index contributed by atoms with van der Waals surface area (Å²) in [7, 11) is 3.61. The van der Waals surface area contributed by atoms with Crippen LogP contribution in [0, 0.1) is 0 Å². The first-order valence-electron chi connectivity index (χ1n) is 6.87. The minimum absolute atomic E-state index is 0.214. The highest BCUT2D eigenvalue weighted by Crippen LogP contribution is 2.13. The first-order chi connectivity index (χ1) is 8.69. The molecular weight excluding hydrogens is 228 g/mol. The first-order valence-corrected chi connectivity index (χ1v) is 6.87. The number of carbonyl (C=O) groups excluding carboxylic acids is 1. The Hall–Kier alpha value is -0.870. The summed E-state index contributed by atoms with van der Waals surface area (Å²) in [6.07, 6.45) is 6.57. The van der Waals surface area contributed by atoms with E-state index in [1.165, 1.54) is 32.9 Å². The van der Waals surface area contributed by atoms with Crippen LogP contribution in [-0.4, -0.2) is 50.7 Å². The Balaban J connectivity index is 2.28. The second-order valence-corrected chi connectivity index (χ2v) is 4.86. The molecule has 1 atom stereocenters. The monoisotopic (exact) mass is 254 g/mol. The third kappa shape index (κ3) is 4.78. The standard InChI is InChI=1S/C14H26N2O2/c1-4-12(14(17)18-3)8-9-15-11-13-7-5-6-10-16(13)2/h8,13,15H,4-7,9-11H2,1-3H3. The summed E-state index contributed by atoms with van der Waals surface area (Å²) in [5.41, 5.74) is 0.752. The van der Waals surface area contributed by atoms with E-state index in [1.807, 2.05) is 13.0 Å². The molecule has 0 spiro atoms. The van der Waals surface area contributed by atoms with Crippen LogP contribution in [0.2, 0.25) is 0 Å². The molecule has 1 fully saturated rings. The van der Waals surface area contributed by atoms with Gasteiger partial charge in [-0.1, -0.05) is 19.4 Å². The molecule has 18 heavy (non-hydrogen) atoms. The van der Waals surface area contributed by atoms with Gasteiger partial charge in [-0.2, -0.15) is 0 Å². The van der Waals surface area contributed by atoms with Crippen LogP contribution in [0.15, 0.2) is 11.6 Å². The van der Waals surface area contributed by atoms with E-state index in [0.717, 1.165) is 25.1 Å². The molecular formula is C14H26N2O2. The number of likely N-dealkylation sites (tertiary alicyclic amines) is 1. The van der Waals surface area contributed by atoms with Crippen LogP contribution in [0.3, 0.4) is 0 Å². The molecule has 0 radical (unpaired) electrons. The number of nitrogens with one attached hydrogen (secondary N) is 1. The molecule has 4 heteroatoms. The predicted molar refractivity (Wildman–Crippen MR) is 73.5 cm³/mol. The number of carbonyl (C=O) groups is 1. The highest BCUT2D eigenvalue weighted by atomic mass is 16.5. The number of hydrogen-bond donors (Lipinski definition) is 1. The summed E-state index contributed by atoms with van der Waals surface area (Å²) in [5, 5.41) is 3.40. The van der Waals surface area contributed by atoms with E-state index in [0.29, 0.717) is 6.04 Å². The number of rotatable bonds is 6. The number of methoxy groups -OCH3 is 1. The van der Waals surface area contributed by atoms with Crippen molar-refractivity contribution in [1.82, 2.24) is 10.2 Å². The van der Waals surface area contributed by atoms with Crippen molar-refractivity contribution in [1.29, 1.82) is 0 Å². The van der Waals surface area contributed by atoms with E-state index < -0.39 is 0 Å². The lowest BCUT2D eigenvalue weighted by molar-refractivity contribution is -0.136. The van der Waals surface area contributed by atoms with Crippen molar-refractivity contribution in [2.75, 3.05) is 33.8 Å². The van der Waals surface area contributed by atoms with Gasteiger partial charge in [-0.05, 0) is 32.9 Å². The van der Waals surface area contributed by atoms with Crippen LogP contribution in [-0.2, 0) is 9.53 Å². The number of esters is 1. The summed E-state index contributed by atoms with van der Waals surface area (Å²) in [5.74, 6) is -0.214. The fourth-order valence-corrected chi connectivity index (χ4v) is 2.35. The third-order valence-corrected chi connectivity index (χ3v) is 3.62. The van der Waals surface area contributed by atoms with Gasteiger partial charge in [-0.25, -0.2) is 4.79 Å². The Bertz CT molecular complexity index is 290. The van der Waals surface area contributed by atoms with Crippen LogP contribution in [0.1, 0.15) is 32.6 Å². The van der Waals surface area contributed by atoms with E-state index in [1.54, 1.807) is 0 Å². The van der Waals surface area contributed by atoms with E-state index in [-0.39, 0.29) is 5.97 Å². The van der Waals surface area contributed by atoms with Crippen LogP contribution < -0.4 is 5.32 Å². The van der Waals surface area contributed by atoms with Gasteiger partial charge >= 0.3 is 5.97 Å². The molecule has 0 amide bonds. The molecule has 1 aliphatic heterocycles. The summed E-state index contributed by atoms with van der Waals surface area (Å²) >= 11 is 0. The van der Waals surface area contributed by atoms with Gasteiger partial charge in [-0.3, -0.25) is 0 Å². The number of nitrogens with zero attached hydrogens (tertiary/aromatic N) is 1. The van der Waals surface area contributed by atoms with Crippen molar-refractivity contribution in [2.45, 2.75) is 38.6 Å². The Labute approximate surface area is 110 Å². The molecule has 1 aliphatic rings. The van der Waals surface area contributed by atoms with Gasteiger partial charge in [0.1, 0.15) is 0 Å². The van der Waals surface area contributed by atoms with E-state index >= 15 is 0 Å². The molecule has 0 saturated carbocycles. The summed E-state index contributed by atoms with van der Waals surface area (Å²) in [4.78, 5) is 13.8. The minimum Gasteiger partial charge on any atom is -0.466 e. The fraction of sp³-hybridized carbons (Fsp3) is 0.786. The van der Waals surface area contributed by atoms with Crippen LogP contribution in [0.25, 0.3) is 0 Å². The molecule has 0 aromatic rings. The Morgan fingerprint density at radius 3 is 2.89 bits per heavy atom. The Morgan fingerprint density at radius 1 is 1.50 bits per heavy atom. The highest BCUT2D eigenvalue weighted by molar-refractivity contribution is 5.88. The Kier molecular flexibility index (Phi) is 6.98. The number of likely N-dealkylation sites (N-methyl/N-ethyl adjacent to an activating group) is 1. The highest BCUT2D eigenvalue weighted by Gasteiger charge is 2.17. The van der Waals surface area contributed by atoms with E-state index in [4.69, 9.17) is 4.74 Å². The lowest BCUT2D eigenvalue weighted by Crippen LogP contribution is -2.43.